The van der Waals surface area contributed by atoms with E-state index in [9.17, 15) is 24.6 Å². The Morgan fingerprint density at radius 1 is 0.918 bits per heavy atom. The molecule has 12 nitrogen and oxygen atoms in total. The third-order valence-electron chi connectivity index (χ3n) is 10.2. The molecule has 7 rings (SSSR count). The van der Waals surface area contributed by atoms with E-state index in [1.807, 2.05) is 45.9 Å². The number of aliphatic imine (C=N–C) groups is 1. The van der Waals surface area contributed by atoms with Crippen molar-refractivity contribution >= 4 is 35.5 Å². The molecular formula is C37H46N4O8. The molecule has 2 N–H and O–H groups in total. The summed E-state index contributed by atoms with van der Waals surface area (Å²) in [6.07, 6.45) is 3.38. The van der Waals surface area contributed by atoms with Crippen LogP contribution in [0.4, 0.5) is 16.2 Å². The van der Waals surface area contributed by atoms with Gasteiger partial charge in [0.05, 0.1) is 40.8 Å². The lowest BCUT2D eigenvalue weighted by Gasteiger charge is -2.39. The highest BCUT2D eigenvalue weighted by molar-refractivity contribution is 6.06. The number of anilines is 1. The molecule has 3 saturated heterocycles. The Balaban J connectivity index is 0.000000195. The third-order valence-corrected chi connectivity index (χ3v) is 10.2. The van der Waals surface area contributed by atoms with E-state index in [0.29, 0.717) is 61.5 Å². The zero-order valence-corrected chi connectivity index (χ0v) is 28.6. The topological polar surface area (TPSA) is 141 Å². The summed E-state index contributed by atoms with van der Waals surface area (Å²) in [5.41, 5.74) is 6.27. The lowest BCUT2D eigenvalue weighted by molar-refractivity contribution is -0.199. The van der Waals surface area contributed by atoms with Gasteiger partial charge in [-0.1, -0.05) is 12.7 Å². The van der Waals surface area contributed by atoms with E-state index in [4.69, 9.17) is 14.2 Å². The molecule has 49 heavy (non-hydrogen) atoms. The van der Waals surface area contributed by atoms with Gasteiger partial charge < -0.3 is 34.2 Å². The van der Waals surface area contributed by atoms with Crippen molar-refractivity contribution in [2.45, 2.75) is 96.6 Å². The van der Waals surface area contributed by atoms with Crippen LogP contribution in [0.1, 0.15) is 75.1 Å². The minimum absolute atomic E-state index is 0.0209. The van der Waals surface area contributed by atoms with Crippen LogP contribution in [0.25, 0.3) is 0 Å². The van der Waals surface area contributed by atoms with Crippen LogP contribution in [-0.4, -0.2) is 107 Å². The first-order valence-electron chi connectivity index (χ1n) is 17.1. The van der Waals surface area contributed by atoms with Crippen LogP contribution < -0.4 is 4.90 Å². The molecule has 262 valence electrons. The predicted molar refractivity (Wildman–Crippen MR) is 183 cm³/mol. The molecule has 0 radical (unpaired) electrons. The predicted octanol–water partition coefficient (Wildman–Crippen LogP) is 4.49. The first-order valence-corrected chi connectivity index (χ1v) is 17.1. The molecule has 0 aromatic heterocycles. The molecule has 0 aliphatic carbocycles. The van der Waals surface area contributed by atoms with Gasteiger partial charge in [-0.05, 0) is 106 Å². The second kappa shape index (κ2) is 14.4. The fourth-order valence-corrected chi connectivity index (χ4v) is 7.12. The Hall–Kier alpha value is -4.10. The largest absolute Gasteiger partial charge is 0.445 e. The Morgan fingerprint density at radius 2 is 1.57 bits per heavy atom. The molecular weight excluding hydrogens is 628 g/mol. The number of rotatable bonds is 4. The molecule has 5 aliphatic rings. The lowest BCUT2D eigenvalue weighted by Crippen LogP contribution is -2.57. The van der Waals surface area contributed by atoms with Gasteiger partial charge in [0.1, 0.15) is 12.6 Å². The standard InChI is InChI=1S/C23H30N2O6.C14H16N2O2/c1-4-10-30-23(28)25-17-13-15(3)14(2)12-16(17)21(27)24-9-8-18(26)20(24)22(25)31-19-7-5-6-11-29-19;1-8-5-10-11(6-9(8)2)15-7-12-13(17)3-4-16(12)14(10)18/h4,12-13,18-20,22,26H,1,5-11H2,2-3H3;5-7,12-13,17H,3-4H2,1-2H3/t18-,19?,20-,22?;12-,13+/m01/s1. The summed E-state index contributed by atoms with van der Waals surface area (Å²) in [6.45, 7) is 13.0. The summed E-state index contributed by atoms with van der Waals surface area (Å²) >= 11 is 0. The summed E-state index contributed by atoms with van der Waals surface area (Å²) in [7, 11) is 0. The number of ether oxygens (including phenoxy) is 3. The molecule has 0 spiro atoms. The molecule has 0 saturated carbocycles. The number of hydrogen-bond donors (Lipinski definition) is 2. The van der Waals surface area contributed by atoms with Gasteiger partial charge in [0.15, 0.2) is 12.5 Å². The van der Waals surface area contributed by atoms with Crippen molar-refractivity contribution in [1.29, 1.82) is 0 Å². The van der Waals surface area contributed by atoms with Gasteiger partial charge >= 0.3 is 6.09 Å². The summed E-state index contributed by atoms with van der Waals surface area (Å²) < 4.78 is 17.5. The molecule has 12 heteroatoms. The van der Waals surface area contributed by atoms with Crippen LogP contribution in [0.3, 0.4) is 0 Å². The van der Waals surface area contributed by atoms with Crippen LogP contribution in [0.2, 0.25) is 0 Å². The van der Waals surface area contributed by atoms with Gasteiger partial charge in [0.2, 0.25) is 0 Å². The fourth-order valence-electron chi connectivity index (χ4n) is 7.12. The van der Waals surface area contributed by atoms with E-state index in [0.717, 1.165) is 35.1 Å². The number of hydrogen-bond acceptors (Lipinski definition) is 9. The highest BCUT2D eigenvalue weighted by Gasteiger charge is 2.51. The van der Waals surface area contributed by atoms with Crippen molar-refractivity contribution in [1.82, 2.24) is 9.80 Å². The van der Waals surface area contributed by atoms with Crippen LogP contribution in [-0.2, 0) is 14.2 Å². The smallest absolute Gasteiger partial charge is 0.416 e. The van der Waals surface area contributed by atoms with E-state index in [1.165, 1.54) is 11.0 Å². The number of carbonyl (C=O) groups is 3. The van der Waals surface area contributed by atoms with Crippen LogP contribution in [0.5, 0.6) is 0 Å². The normalized spacial score (nSPS) is 27.3. The van der Waals surface area contributed by atoms with Gasteiger partial charge in [0, 0.05) is 25.9 Å². The van der Waals surface area contributed by atoms with Crippen molar-refractivity contribution in [3.8, 4) is 0 Å². The van der Waals surface area contributed by atoms with Crippen molar-refractivity contribution in [2.24, 2.45) is 4.99 Å². The zero-order valence-electron chi connectivity index (χ0n) is 28.6. The SMILES string of the molecule is C=CCOC(=O)N1c2cc(C)c(C)cc2C(=O)N2CC[C@H](O)[C@H]2C1OC1CCCCO1.Cc1cc2c(cc1C)C(=O)N1CC[C@H](O)[C@H]1C=N2. The highest BCUT2D eigenvalue weighted by Crippen LogP contribution is 2.39. The average molecular weight is 675 g/mol. The summed E-state index contributed by atoms with van der Waals surface area (Å²) in [4.78, 5) is 48.3. The van der Waals surface area contributed by atoms with Crippen molar-refractivity contribution in [2.75, 3.05) is 31.2 Å². The van der Waals surface area contributed by atoms with Crippen LogP contribution in [0.15, 0.2) is 41.9 Å². The Morgan fingerprint density at radius 3 is 2.29 bits per heavy atom. The van der Waals surface area contributed by atoms with Crippen molar-refractivity contribution < 1.29 is 38.8 Å². The maximum Gasteiger partial charge on any atom is 0.416 e. The summed E-state index contributed by atoms with van der Waals surface area (Å²) in [5, 5.41) is 20.7. The number of carbonyl (C=O) groups excluding carboxylic acids is 3. The van der Waals surface area contributed by atoms with Gasteiger partial charge in [0.25, 0.3) is 11.8 Å². The van der Waals surface area contributed by atoms with E-state index in [-0.39, 0.29) is 24.5 Å². The van der Waals surface area contributed by atoms with Gasteiger partial charge in [-0.3, -0.25) is 14.6 Å². The number of aliphatic hydroxyl groups excluding tert-OH is 2. The summed E-state index contributed by atoms with van der Waals surface area (Å²) in [5.74, 6) is -0.246. The molecule has 2 unspecified atom stereocenters. The number of fused-ring (bicyclic) bond motifs is 4. The molecule has 2 aromatic rings. The van der Waals surface area contributed by atoms with Gasteiger partial charge in [-0.25, -0.2) is 9.69 Å². The fraction of sp³-hybridized carbons (Fsp3) is 0.514. The van der Waals surface area contributed by atoms with Gasteiger partial charge in [-0.15, -0.1) is 0 Å². The second-order valence-electron chi connectivity index (χ2n) is 13.4. The lowest BCUT2D eigenvalue weighted by atomic mass is 10.0. The first kappa shape index (κ1) is 34.8. The minimum atomic E-state index is -0.940. The van der Waals surface area contributed by atoms with Crippen LogP contribution in [0, 0.1) is 27.7 Å². The Kier molecular flexibility index (Phi) is 10.2. The summed E-state index contributed by atoms with van der Waals surface area (Å²) in [6, 6.07) is 6.45. The molecule has 3 fully saturated rings. The number of benzene rings is 2. The molecule has 3 amide bonds. The van der Waals surface area contributed by atoms with E-state index >= 15 is 0 Å². The third kappa shape index (κ3) is 6.74. The molecule has 6 atom stereocenters. The number of amides is 3. The quantitative estimate of drug-likeness (QED) is 0.453. The average Bonchev–Trinajstić information content (AvgIpc) is 3.60. The number of aliphatic hydroxyl groups is 2. The highest BCUT2D eigenvalue weighted by atomic mass is 16.7. The van der Waals surface area contributed by atoms with Crippen molar-refractivity contribution in [3.05, 3.63) is 70.3 Å². The number of aryl methyl sites for hydroxylation is 4. The van der Waals surface area contributed by atoms with Crippen LogP contribution >= 0.6 is 0 Å². The van der Waals surface area contributed by atoms with Crippen molar-refractivity contribution in [3.63, 3.8) is 0 Å². The minimum Gasteiger partial charge on any atom is -0.445 e. The first-order chi connectivity index (χ1) is 23.5. The maximum absolute atomic E-state index is 13.5. The van der Waals surface area contributed by atoms with E-state index in [1.54, 1.807) is 22.1 Å². The molecule has 5 heterocycles. The van der Waals surface area contributed by atoms with Gasteiger partial charge in [-0.2, -0.15) is 0 Å². The monoisotopic (exact) mass is 674 g/mol. The maximum atomic E-state index is 13.5. The molecule has 2 aromatic carbocycles. The Labute approximate surface area is 286 Å². The van der Waals surface area contributed by atoms with E-state index < -0.39 is 36.9 Å². The number of nitrogens with zero attached hydrogens (tertiary/aromatic N) is 4. The van der Waals surface area contributed by atoms with E-state index in [2.05, 4.69) is 11.6 Å². The Bertz CT molecular complexity index is 1650. The molecule has 0 bridgehead atoms. The zero-order chi connectivity index (χ0) is 35.0. The second-order valence-corrected chi connectivity index (χ2v) is 13.4. The molecule has 5 aliphatic heterocycles.